The molecule has 0 aromatic heterocycles. The van der Waals surface area contributed by atoms with Gasteiger partial charge in [-0.1, -0.05) is 6.07 Å². The number of hydrogen-bond acceptors (Lipinski definition) is 4. The maximum absolute atomic E-state index is 11.6. The highest BCUT2D eigenvalue weighted by molar-refractivity contribution is 5.89. The number of benzene rings is 1. The summed E-state index contributed by atoms with van der Waals surface area (Å²) in [6, 6.07) is 9.08. The minimum Gasteiger partial charge on any atom is -0.447 e. The second-order valence-electron chi connectivity index (χ2n) is 5.68. The van der Waals surface area contributed by atoms with Gasteiger partial charge in [-0.05, 0) is 38.6 Å². The fourth-order valence-corrected chi connectivity index (χ4v) is 2.93. The summed E-state index contributed by atoms with van der Waals surface area (Å²) in [7, 11) is 2.16. The van der Waals surface area contributed by atoms with Crippen LogP contribution < -0.4 is 10.2 Å². The van der Waals surface area contributed by atoms with Gasteiger partial charge in [-0.15, -0.1) is 0 Å². The summed E-state index contributed by atoms with van der Waals surface area (Å²) in [6.07, 6.45) is 0.892. The van der Waals surface area contributed by atoms with Crippen LogP contribution >= 0.6 is 0 Å². The lowest BCUT2D eigenvalue weighted by Gasteiger charge is -2.17. The van der Waals surface area contributed by atoms with Gasteiger partial charge in [-0.2, -0.15) is 0 Å². The SMILES string of the molecule is CC1CC(Nc2cccc(N3CCOC3=O)c2)CN1C. The largest absolute Gasteiger partial charge is 0.447 e. The molecule has 3 rings (SSSR count). The van der Waals surface area contributed by atoms with Gasteiger partial charge < -0.3 is 15.0 Å². The number of cyclic esters (lactones) is 1. The Morgan fingerprint density at radius 2 is 2.25 bits per heavy atom. The quantitative estimate of drug-likeness (QED) is 0.918. The minimum atomic E-state index is -0.253. The second-order valence-corrected chi connectivity index (χ2v) is 5.68. The number of carbonyl (C=O) groups excluding carboxylic acids is 1. The normalized spacial score (nSPS) is 26.9. The Morgan fingerprint density at radius 1 is 1.40 bits per heavy atom. The van der Waals surface area contributed by atoms with E-state index in [2.05, 4.69) is 24.2 Å². The lowest BCUT2D eigenvalue weighted by atomic mass is 10.1. The number of nitrogens with one attached hydrogen (secondary N) is 1. The molecule has 2 aliphatic rings. The molecule has 2 aliphatic heterocycles. The number of likely N-dealkylation sites (N-methyl/N-ethyl adjacent to an activating group) is 1. The molecular weight excluding hydrogens is 254 g/mol. The summed E-state index contributed by atoms with van der Waals surface area (Å²) in [4.78, 5) is 15.6. The van der Waals surface area contributed by atoms with Crippen molar-refractivity contribution in [2.75, 3.05) is 37.0 Å². The Bertz CT molecular complexity index is 496. The van der Waals surface area contributed by atoms with E-state index in [1.54, 1.807) is 4.90 Å². The van der Waals surface area contributed by atoms with Gasteiger partial charge in [0.2, 0.25) is 0 Å². The van der Waals surface area contributed by atoms with Gasteiger partial charge in [0, 0.05) is 30.0 Å². The number of anilines is 2. The average Bonchev–Trinajstić information content (AvgIpc) is 2.97. The maximum atomic E-state index is 11.6. The van der Waals surface area contributed by atoms with Crippen LogP contribution in [-0.2, 0) is 4.74 Å². The van der Waals surface area contributed by atoms with Gasteiger partial charge in [0.1, 0.15) is 6.61 Å². The van der Waals surface area contributed by atoms with Gasteiger partial charge in [0.05, 0.1) is 6.54 Å². The smallest absolute Gasteiger partial charge is 0.414 e. The summed E-state index contributed by atoms with van der Waals surface area (Å²) in [5, 5.41) is 3.56. The van der Waals surface area contributed by atoms with Gasteiger partial charge in [0.25, 0.3) is 0 Å². The minimum absolute atomic E-state index is 0.253. The van der Waals surface area contributed by atoms with Crippen molar-refractivity contribution in [2.45, 2.75) is 25.4 Å². The first-order chi connectivity index (χ1) is 9.63. The van der Waals surface area contributed by atoms with Gasteiger partial charge >= 0.3 is 6.09 Å². The lowest BCUT2D eigenvalue weighted by Crippen LogP contribution is -2.25. The van der Waals surface area contributed by atoms with Crippen molar-refractivity contribution in [1.82, 2.24) is 4.90 Å². The predicted molar refractivity (Wildman–Crippen MR) is 79.3 cm³/mol. The molecule has 1 amide bonds. The third-order valence-electron chi connectivity index (χ3n) is 4.18. The molecule has 5 heteroatoms. The molecule has 2 unspecified atom stereocenters. The Balaban J connectivity index is 1.70. The van der Waals surface area contributed by atoms with E-state index < -0.39 is 0 Å². The molecule has 2 fully saturated rings. The molecule has 0 saturated carbocycles. The Labute approximate surface area is 119 Å². The van der Waals surface area contributed by atoms with Crippen molar-refractivity contribution in [3.05, 3.63) is 24.3 Å². The maximum Gasteiger partial charge on any atom is 0.414 e. The third kappa shape index (κ3) is 2.58. The van der Waals surface area contributed by atoms with Gasteiger partial charge in [-0.3, -0.25) is 4.90 Å². The molecule has 5 nitrogen and oxygen atoms in total. The van der Waals surface area contributed by atoms with Gasteiger partial charge in [-0.25, -0.2) is 4.79 Å². The molecular formula is C15H21N3O2. The lowest BCUT2D eigenvalue weighted by molar-refractivity contribution is 0.181. The van der Waals surface area contributed by atoms with E-state index in [1.807, 2.05) is 24.3 Å². The molecule has 0 bridgehead atoms. The number of rotatable bonds is 3. The summed E-state index contributed by atoms with van der Waals surface area (Å²) in [5.41, 5.74) is 1.96. The summed E-state index contributed by atoms with van der Waals surface area (Å²) in [5.74, 6) is 0. The van der Waals surface area contributed by atoms with E-state index >= 15 is 0 Å². The van der Waals surface area contributed by atoms with Gasteiger partial charge in [0.15, 0.2) is 0 Å². The monoisotopic (exact) mass is 275 g/mol. The molecule has 0 aliphatic carbocycles. The Kier molecular flexibility index (Phi) is 3.53. The fraction of sp³-hybridized carbons (Fsp3) is 0.533. The van der Waals surface area contributed by atoms with Crippen molar-refractivity contribution in [3.63, 3.8) is 0 Å². The number of ether oxygens (including phenoxy) is 1. The highest BCUT2D eigenvalue weighted by Gasteiger charge is 2.27. The average molecular weight is 275 g/mol. The van der Waals surface area contributed by atoms with E-state index in [1.165, 1.54) is 0 Å². The van der Waals surface area contributed by atoms with E-state index in [9.17, 15) is 4.79 Å². The molecule has 0 radical (unpaired) electrons. The number of amides is 1. The first-order valence-electron chi connectivity index (χ1n) is 7.14. The zero-order valence-electron chi connectivity index (χ0n) is 12.0. The Hall–Kier alpha value is -1.75. The third-order valence-corrected chi connectivity index (χ3v) is 4.18. The van der Waals surface area contributed by atoms with Crippen LogP contribution in [0, 0.1) is 0 Å². The fourth-order valence-electron chi connectivity index (χ4n) is 2.93. The van der Waals surface area contributed by atoms with Crippen molar-refractivity contribution in [1.29, 1.82) is 0 Å². The summed E-state index contributed by atoms with van der Waals surface area (Å²) >= 11 is 0. The topological polar surface area (TPSA) is 44.8 Å². The molecule has 20 heavy (non-hydrogen) atoms. The van der Waals surface area contributed by atoms with Crippen molar-refractivity contribution in [2.24, 2.45) is 0 Å². The van der Waals surface area contributed by atoms with Crippen molar-refractivity contribution >= 4 is 17.5 Å². The number of hydrogen-bond donors (Lipinski definition) is 1. The Morgan fingerprint density at radius 3 is 2.90 bits per heavy atom. The number of carbonyl (C=O) groups is 1. The van der Waals surface area contributed by atoms with Crippen LogP contribution in [0.5, 0.6) is 0 Å². The number of nitrogens with zero attached hydrogens (tertiary/aromatic N) is 2. The summed E-state index contributed by atoms with van der Waals surface area (Å²) < 4.78 is 4.98. The molecule has 1 N–H and O–H groups in total. The van der Waals surface area contributed by atoms with Crippen LogP contribution in [0.4, 0.5) is 16.2 Å². The molecule has 2 heterocycles. The van der Waals surface area contributed by atoms with Crippen LogP contribution in [-0.4, -0.2) is 49.8 Å². The van der Waals surface area contributed by atoms with Crippen LogP contribution in [0.25, 0.3) is 0 Å². The van der Waals surface area contributed by atoms with E-state index in [4.69, 9.17) is 4.74 Å². The first-order valence-corrected chi connectivity index (χ1v) is 7.14. The van der Waals surface area contributed by atoms with Crippen LogP contribution in [0.15, 0.2) is 24.3 Å². The van der Waals surface area contributed by atoms with Crippen molar-refractivity contribution < 1.29 is 9.53 Å². The zero-order valence-corrected chi connectivity index (χ0v) is 12.0. The molecule has 2 saturated heterocycles. The highest BCUT2D eigenvalue weighted by atomic mass is 16.6. The molecule has 0 spiro atoms. The predicted octanol–water partition coefficient (Wildman–Crippen LogP) is 2.15. The molecule has 2 atom stereocenters. The van der Waals surface area contributed by atoms with Crippen molar-refractivity contribution in [3.8, 4) is 0 Å². The molecule has 1 aromatic carbocycles. The first kappa shape index (κ1) is 13.2. The summed E-state index contributed by atoms with van der Waals surface area (Å²) in [6.45, 7) is 4.41. The second kappa shape index (κ2) is 5.32. The number of likely N-dealkylation sites (tertiary alicyclic amines) is 1. The zero-order chi connectivity index (χ0) is 14.1. The standard InChI is InChI=1S/C15H21N3O2/c1-11-8-13(10-17(11)2)16-12-4-3-5-14(9-12)18-6-7-20-15(18)19/h3-5,9,11,13,16H,6-8,10H2,1-2H3. The van der Waals surface area contributed by atoms with E-state index in [0.717, 1.165) is 24.3 Å². The van der Waals surface area contributed by atoms with Crippen LogP contribution in [0.2, 0.25) is 0 Å². The van der Waals surface area contributed by atoms with E-state index in [0.29, 0.717) is 25.2 Å². The van der Waals surface area contributed by atoms with E-state index in [-0.39, 0.29) is 6.09 Å². The molecule has 108 valence electrons. The van der Waals surface area contributed by atoms with Crippen LogP contribution in [0.3, 0.4) is 0 Å². The van der Waals surface area contributed by atoms with Crippen LogP contribution in [0.1, 0.15) is 13.3 Å². The highest BCUT2D eigenvalue weighted by Crippen LogP contribution is 2.25. The molecule has 1 aromatic rings.